The molecular weight excluding hydrogens is 446 g/mol. The third-order valence-electron chi connectivity index (χ3n) is 6.40. The van der Waals surface area contributed by atoms with Crippen LogP contribution in [0.2, 0.25) is 0 Å². The first-order chi connectivity index (χ1) is 17.0. The van der Waals surface area contributed by atoms with Crippen LogP contribution in [0.15, 0.2) is 47.1 Å². The molecule has 0 radical (unpaired) electrons. The molecule has 3 aromatic rings. The summed E-state index contributed by atoms with van der Waals surface area (Å²) in [7, 11) is 0. The molecule has 0 aliphatic carbocycles. The van der Waals surface area contributed by atoms with Gasteiger partial charge in [-0.25, -0.2) is 4.98 Å². The van der Waals surface area contributed by atoms with Crippen LogP contribution in [-0.4, -0.2) is 41.8 Å². The van der Waals surface area contributed by atoms with Crippen molar-refractivity contribution in [3.8, 4) is 11.5 Å². The van der Waals surface area contributed by atoms with E-state index in [-0.39, 0.29) is 24.5 Å². The number of benzene rings is 2. The van der Waals surface area contributed by atoms with Crippen LogP contribution in [0.3, 0.4) is 0 Å². The van der Waals surface area contributed by atoms with E-state index < -0.39 is 0 Å². The average molecular weight is 478 g/mol. The van der Waals surface area contributed by atoms with E-state index in [0.717, 1.165) is 36.5 Å². The predicted octanol–water partition coefficient (Wildman–Crippen LogP) is 4.13. The van der Waals surface area contributed by atoms with Gasteiger partial charge in [-0.15, -0.1) is 0 Å². The first-order valence-electron chi connectivity index (χ1n) is 12.0. The zero-order valence-electron chi connectivity index (χ0n) is 20.2. The van der Waals surface area contributed by atoms with Crippen LogP contribution in [0, 0.1) is 13.8 Å². The van der Waals surface area contributed by atoms with Crippen molar-refractivity contribution in [1.82, 2.24) is 15.2 Å². The van der Waals surface area contributed by atoms with Crippen molar-refractivity contribution in [2.45, 2.75) is 52.4 Å². The molecule has 1 atom stereocenters. The molecule has 2 aromatic carbocycles. The molecule has 184 valence electrons. The lowest BCUT2D eigenvalue weighted by molar-refractivity contribution is 0.0853. The van der Waals surface area contributed by atoms with Crippen LogP contribution < -0.4 is 14.8 Å². The monoisotopic (exact) mass is 477 g/mol. The summed E-state index contributed by atoms with van der Waals surface area (Å²) in [5.74, 6) is 1.78. The molecule has 8 nitrogen and oxygen atoms in total. The van der Waals surface area contributed by atoms with Crippen LogP contribution in [0.25, 0.3) is 0 Å². The van der Waals surface area contributed by atoms with E-state index in [1.807, 2.05) is 18.2 Å². The number of rotatable bonds is 9. The van der Waals surface area contributed by atoms with Gasteiger partial charge in [0.1, 0.15) is 6.26 Å². The van der Waals surface area contributed by atoms with Crippen LogP contribution >= 0.6 is 0 Å². The SMILES string of the molecule is Cc1ccc(C)c(CN(Cc2ccc3c(c2)OCO3)Cc2nc(C(=O)NC[C@@H]3CCCO3)co2)c1. The number of carbonyl (C=O) groups excluding carboxylic acids is 1. The van der Waals surface area contributed by atoms with Crippen LogP contribution in [0.5, 0.6) is 11.5 Å². The molecule has 1 N–H and O–H groups in total. The Hall–Kier alpha value is -3.36. The molecule has 1 saturated heterocycles. The molecule has 2 aliphatic rings. The molecule has 3 heterocycles. The van der Waals surface area contributed by atoms with Crippen molar-refractivity contribution in [3.05, 3.63) is 76.5 Å². The van der Waals surface area contributed by atoms with Crippen molar-refractivity contribution >= 4 is 5.91 Å². The zero-order chi connectivity index (χ0) is 24.2. The average Bonchev–Trinajstić information content (AvgIpc) is 3.62. The second-order valence-corrected chi connectivity index (χ2v) is 9.23. The molecule has 1 amide bonds. The van der Waals surface area contributed by atoms with Gasteiger partial charge in [0.25, 0.3) is 5.91 Å². The summed E-state index contributed by atoms with van der Waals surface area (Å²) in [6, 6.07) is 12.5. The summed E-state index contributed by atoms with van der Waals surface area (Å²) in [5, 5.41) is 2.90. The number of ether oxygens (including phenoxy) is 3. The number of hydrogen-bond donors (Lipinski definition) is 1. The molecule has 8 heteroatoms. The second-order valence-electron chi connectivity index (χ2n) is 9.23. The summed E-state index contributed by atoms with van der Waals surface area (Å²) in [6.45, 7) is 7.55. The van der Waals surface area contributed by atoms with Crippen LogP contribution in [0.1, 0.15) is 51.5 Å². The highest BCUT2D eigenvalue weighted by atomic mass is 16.7. The lowest BCUT2D eigenvalue weighted by Crippen LogP contribution is -2.32. The molecule has 2 aliphatic heterocycles. The van der Waals surface area contributed by atoms with E-state index in [2.05, 4.69) is 47.2 Å². The third kappa shape index (κ3) is 5.83. The molecule has 0 unspecified atom stereocenters. The number of amides is 1. The van der Waals surface area contributed by atoms with Gasteiger partial charge in [0.15, 0.2) is 17.2 Å². The summed E-state index contributed by atoms with van der Waals surface area (Å²) in [4.78, 5) is 19.3. The van der Waals surface area contributed by atoms with Crippen LogP contribution in [-0.2, 0) is 24.4 Å². The van der Waals surface area contributed by atoms with Crippen LogP contribution in [0.4, 0.5) is 0 Å². The van der Waals surface area contributed by atoms with E-state index in [0.29, 0.717) is 32.1 Å². The quantitative estimate of drug-likeness (QED) is 0.496. The van der Waals surface area contributed by atoms with Crippen molar-refractivity contribution in [2.75, 3.05) is 19.9 Å². The van der Waals surface area contributed by atoms with Gasteiger partial charge in [-0.3, -0.25) is 9.69 Å². The molecule has 0 spiro atoms. The van der Waals surface area contributed by atoms with E-state index in [1.165, 1.54) is 23.0 Å². The fourth-order valence-corrected chi connectivity index (χ4v) is 4.46. The first-order valence-corrected chi connectivity index (χ1v) is 12.0. The fraction of sp³-hybridized carbons (Fsp3) is 0.407. The Morgan fingerprint density at radius 1 is 1.09 bits per heavy atom. The van der Waals surface area contributed by atoms with E-state index in [9.17, 15) is 4.79 Å². The van der Waals surface area contributed by atoms with Gasteiger partial charge in [-0.2, -0.15) is 0 Å². The van der Waals surface area contributed by atoms with E-state index >= 15 is 0 Å². The molecule has 0 saturated carbocycles. The molecule has 1 aromatic heterocycles. The Morgan fingerprint density at radius 3 is 2.83 bits per heavy atom. The fourth-order valence-electron chi connectivity index (χ4n) is 4.46. The molecule has 5 rings (SSSR count). The minimum atomic E-state index is -0.243. The largest absolute Gasteiger partial charge is 0.454 e. The standard InChI is InChI=1S/C27H31N3O5/c1-18-5-6-19(2)21(10-18)14-30(13-20-7-8-24-25(11-20)35-17-34-24)15-26-29-23(16-33-26)27(31)28-12-22-4-3-9-32-22/h5-8,10-11,16,22H,3-4,9,12-15,17H2,1-2H3,(H,28,31)/t22-/m0/s1. The number of fused-ring (bicyclic) bond motifs is 1. The maximum atomic E-state index is 12.5. The Labute approximate surface area is 205 Å². The Morgan fingerprint density at radius 2 is 1.97 bits per heavy atom. The number of nitrogens with one attached hydrogen (secondary N) is 1. The lowest BCUT2D eigenvalue weighted by atomic mass is 10.0. The molecule has 1 fully saturated rings. The van der Waals surface area contributed by atoms with Gasteiger partial charge in [-0.1, -0.05) is 29.8 Å². The molecule has 35 heavy (non-hydrogen) atoms. The number of hydrogen-bond acceptors (Lipinski definition) is 7. The van der Waals surface area contributed by atoms with Gasteiger partial charge < -0.3 is 23.9 Å². The van der Waals surface area contributed by atoms with Gasteiger partial charge in [0.2, 0.25) is 12.7 Å². The maximum absolute atomic E-state index is 12.5. The first kappa shape index (κ1) is 23.4. The van der Waals surface area contributed by atoms with E-state index in [4.69, 9.17) is 18.6 Å². The minimum Gasteiger partial charge on any atom is -0.454 e. The Balaban J connectivity index is 1.30. The third-order valence-corrected chi connectivity index (χ3v) is 6.40. The van der Waals surface area contributed by atoms with Crippen molar-refractivity contribution in [3.63, 3.8) is 0 Å². The topological polar surface area (TPSA) is 86.1 Å². The van der Waals surface area contributed by atoms with E-state index in [1.54, 1.807) is 0 Å². The molecule has 0 bridgehead atoms. The van der Waals surface area contributed by atoms with Gasteiger partial charge in [0.05, 0.1) is 12.6 Å². The van der Waals surface area contributed by atoms with Gasteiger partial charge in [-0.05, 0) is 55.5 Å². The van der Waals surface area contributed by atoms with Crippen molar-refractivity contribution < 1.29 is 23.4 Å². The number of carbonyl (C=O) groups is 1. The number of aryl methyl sites for hydroxylation is 2. The highest BCUT2D eigenvalue weighted by molar-refractivity contribution is 5.91. The number of oxazole rings is 1. The summed E-state index contributed by atoms with van der Waals surface area (Å²) < 4.78 is 22.3. The lowest BCUT2D eigenvalue weighted by Gasteiger charge is -2.22. The maximum Gasteiger partial charge on any atom is 0.273 e. The summed E-state index contributed by atoms with van der Waals surface area (Å²) >= 11 is 0. The number of nitrogens with zero attached hydrogens (tertiary/aromatic N) is 2. The predicted molar refractivity (Wildman–Crippen MR) is 129 cm³/mol. The summed E-state index contributed by atoms with van der Waals surface area (Å²) in [6.07, 6.45) is 3.52. The Kier molecular flexibility index (Phi) is 7.01. The normalized spacial score (nSPS) is 16.7. The zero-order valence-corrected chi connectivity index (χ0v) is 20.2. The Bertz CT molecular complexity index is 1190. The number of aromatic nitrogens is 1. The van der Waals surface area contributed by atoms with Crippen molar-refractivity contribution in [2.24, 2.45) is 0 Å². The summed E-state index contributed by atoms with van der Waals surface area (Å²) in [5.41, 5.74) is 5.07. The highest BCUT2D eigenvalue weighted by Crippen LogP contribution is 2.33. The van der Waals surface area contributed by atoms with Gasteiger partial charge >= 0.3 is 0 Å². The molecular formula is C27H31N3O5. The van der Waals surface area contributed by atoms with Gasteiger partial charge in [0, 0.05) is 26.2 Å². The highest BCUT2D eigenvalue weighted by Gasteiger charge is 2.20. The van der Waals surface area contributed by atoms with Crippen molar-refractivity contribution in [1.29, 1.82) is 0 Å². The minimum absolute atomic E-state index is 0.0834. The second kappa shape index (κ2) is 10.5. The smallest absolute Gasteiger partial charge is 0.273 e.